The van der Waals surface area contributed by atoms with Crippen molar-refractivity contribution < 1.29 is 32.9 Å². The third-order valence-electron chi connectivity index (χ3n) is 5.83. The summed E-state index contributed by atoms with van der Waals surface area (Å²) in [5.74, 6) is -2.65. The predicted octanol–water partition coefficient (Wildman–Crippen LogP) is 4.58. The van der Waals surface area contributed by atoms with Crippen LogP contribution in [-0.4, -0.2) is 57.0 Å². The zero-order valence-electron chi connectivity index (χ0n) is 20.2. The summed E-state index contributed by atoms with van der Waals surface area (Å²) in [5, 5.41) is 2.55. The Morgan fingerprint density at radius 1 is 0.971 bits per heavy atom. The summed E-state index contributed by atoms with van der Waals surface area (Å²) < 4.78 is 35.3. The van der Waals surface area contributed by atoms with Crippen LogP contribution in [0.15, 0.2) is 48.5 Å². The van der Waals surface area contributed by atoms with Crippen LogP contribution in [0.2, 0.25) is 0 Å². The lowest BCUT2D eigenvalue weighted by Crippen LogP contribution is -2.57. The van der Waals surface area contributed by atoms with Gasteiger partial charge in [0.1, 0.15) is 18.9 Å². The van der Waals surface area contributed by atoms with Crippen molar-refractivity contribution in [2.24, 2.45) is 0 Å². The lowest BCUT2D eigenvalue weighted by atomic mass is 9.98. The second kappa shape index (κ2) is 10.5. The highest BCUT2D eigenvalue weighted by Gasteiger charge is 2.43. The van der Waals surface area contributed by atoms with E-state index >= 15 is 0 Å². The molecule has 184 valence electrons. The number of ether oxygens (including phenoxy) is 4. The van der Waals surface area contributed by atoms with Crippen molar-refractivity contribution in [2.45, 2.75) is 50.5 Å². The number of alkyl halides is 1. The van der Waals surface area contributed by atoms with Crippen LogP contribution in [0.1, 0.15) is 44.2 Å². The van der Waals surface area contributed by atoms with Gasteiger partial charge in [0.15, 0.2) is 0 Å². The number of rotatable bonds is 9. The van der Waals surface area contributed by atoms with Gasteiger partial charge in [-0.25, -0.2) is 9.18 Å². The van der Waals surface area contributed by atoms with Gasteiger partial charge in [0.05, 0.1) is 12.5 Å². The Balaban J connectivity index is 1.74. The molecule has 2 aromatic rings. The average molecular weight is 474 g/mol. The number of carbonyl (C=O) groups excluding carboxylic acids is 2. The van der Waals surface area contributed by atoms with E-state index in [9.17, 15) is 14.0 Å². The molecule has 34 heavy (non-hydrogen) atoms. The third-order valence-corrected chi connectivity index (χ3v) is 5.83. The molecule has 8 heteroatoms. The molecule has 7 nitrogen and oxygen atoms in total. The van der Waals surface area contributed by atoms with Crippen molar-refractivity contribution in [2.75, 3.05) is 27.5 Å². The number of fused-ring (bicyclic) bond motifs is 3. The highest BCUT2D eigenvalue weighted by atomic mass is 19.1. The van der Waals surface area contributed by atoms with Crippen LogP contribution in [0, 0.1) is 0 Å². The lowest BCUT2D eigenvalue weighted by molar-refractivity contribution is -0.234. The van der Waals surface area contributed by atoms with Gasteiger partial charge in [0.2, 0.25) is 5.79 Å². The maximum absolute atomic E-state index is 14.0. The largest absolute Gasteiger partial charge is 0.460 e. The minimum atomic E-state index is -1.87. The second-order valence-electron chi connectivity index (χ2n) is 9.17. The van der Waals surface area contributed by atoms with Gasteiger partial charge in [-0.3, -0.25) is 4.79 Å². The first-order chi connectivity index (χ1) is 16.1. The summed E-state index contributed by atoms with van der Waals surface area (Å²) >= 11 is 0. The zero-order valence-corrected chi connectivity index (χ0v) is 20.2. The van der Waals surface area contributed by atoms with Crippen LogP contribution in [-0.2, 0) is 23.7 Å². The monoisotopic (exact) mass is 473 g/mol. The molecular formula is C26H32FNO6. The molecule has 1 N–H and O–H groups in total. The first-order valence-electron chi connectivity index (χ1n) is 11.1. The SMILES string of the molecule is COC(CF)(OC)C(CC(=O)OC(C)(C)C)NC(=O)OCC1c2ccccc2-c2ccccc21. The van der Waals surface area contributed by atoms with E-state index in [2.05, 4.69) is 5.32 Å². The molecule has 0 spiro atoms. The smallest absolute Gasteiger partial charge is 0.407 e. The van der Waals surface area contributed by atoms with E-state index in [1.54, 1.807) is 20.8 Å². The highest BCUT2D eigenvalue weighted by molar-refractivity contribution is 5.79. The van der Waals surface area contributed by atoms with Crippen molar-refractivity contribution in [3.63, 3.8) is 0 Å². The Hall–Kier alpha value is -2.97. The first-order valence-corrected chi connectivity index (χ1v) is 11.1. The topological polar surface area (TPSA) is 83.1 Å². The molecule has 0 radical (unpaired) electrons. The maximum atomic E-state index is 14.0. The van der Waals surface area contributed by atoms with E-state index in [1.807, 2.05) is 48.5 Å². The number of halogens is 1. The zero-order chi connectivity index (χ0) is 24.9. The molecule has 0 saturated carbocycles. The summed E-state index contributed by atoms with van der Waals surface area (Å²) in [6.45, 7) is 4.12. The molecule has 1 aliphatic carbocycles. The summed E-state index contributed by atoms with van der Waals surface area (Å²) in [5.41, 5.74) is 3.59. The van der Waals surface area contributed by atoms with E-state index in [1.165, 1.54) is 14.2 Å². The van der Waals surface area contributed by atoms with Crippen LogP contribution in [0.3, 0.4) is 0 Å². The quantitative estimate of drug-likeness (QED) is 0.424. The van der Waals surface area contributed by atoms with E-state index in [-0.39, 0.29) is 18.9 Å². The van der Waals surface area contributed by atoms with Crippen molar-refractivity contribution in [3.8, 4) is 11.1 Å². The van der Waals surface area contributed by atoms with Crippen molar-refractivity contribution in [1.82, 2.24) is 5.32 Å². The molecule has 0 aliphatic heterocycles. The van der Waals surface area contributed by atoms with Crippen LogP contribution in [0.25, 0.3) is 11.1 Å². The van der Waals surface area contributed by atoms with Gasteiger partial charge < -0.3 is 24.3 Å². The maximum Gasteiger partial charge on any atom is 0.407 e. The summed E-state index contributed by atoms with van der Waals surface area (Å²) in [6.07, 6.45) is -1.19. The third kappa shape index (κ3) is 5.56. The molecule has 1 amide bonds. The molecule has 0 saturated heterocycles. The van der Waals surface area contributed by atoms with Crippen molar-refractivity contribution >= 4 is 12.1 Å². The number of carbonyl (C=O) groups is 2. The van der Waals surface area contributed by atoms with Gasteiger partial charge in [-0.05, 0) is 43.0 Å². The molecule has 0 heterocycles. The number of hydrogen-bond donors (Lipinski definition) is 1. The molecule has 0 fully saturated rings. The fourth-order valence-corrected chi connectivity index (χ4v) is 4.22. The highest BCUT2D eigenvalue weighted by Crippen LogP contribution is 2.44. The minimum Gasteiger partial charge on any atom is -0.460 e. The minimum absolute atomic E-state index is 0.0710. The fraction of sp³-hybridized carbons (Fsp3) is 0.462. The first kappa shape index (κ1) is 25.6. The van der Waals surface area contributed by atoms with Crippen LogP contribution >= 0.6 is 0 Å². The van der Waals surface area contributed by atoms with Gasteiger partial charge in [0, 0.05) is 20.1 Å². The number of benzene rings is 2. The molecule has 3 rings (SSSR count). The lowest BCUT2D eigenvalue weighted by Gasteiger charge is -2.36. The fourth-order valence-electron chi connectivity index (χ4n) is 4.22. The number of nitrogens with one attached hydrogen (secondary N) is 1. The Kier molecular flexibility index (Phi) is 7.94. The second-order valence-corrected chi connectivity index (χ2v) is 9.17. The van der Waals surface area contributed by atoms with Crippen molar-refractivity contribution in [3.05, 3.63) is 59.7 Å². The number of alkyl carbamates (subject to hydrolysis) is 1. The van der Waals surface area contributed by atoms with Crippen molar-refractivity contribution in [1.29, 1.82) is 0 Å². The van der Waals surface area contributed by atoms with Crippen LogP contribution in [0.5, 0.6) is 0 Å². The molecule has 1 unspecified atom stereocenters. The van der Waals surface area contributed by atoms with Gasteiger partial charge in [-0.15, -0.1) is 0 Å². The molecule has 0 aromatic heterocycles. The van der Waals surface area contributed by atoms with Gasteiger partial charge in [-0.2, -0.15) is 0 Å². The summed E-state index contributed by atoms with van der Waals surface area (Å²) in [6, 6.07) is 14.8. The van der Waals surface area contributed by atoms with Gasteiger partial charge >= 0.3 is 12.1 Å². The Morgan fingerprint density at radius 3 is 1.97 bits per heavy atom. The Morgan fingerprint density at radius 2 is 1.50 bits per heavy atom. The van der Waals surface area contributed by atoms with E-state index < -0.39 is 36.2 Å². The number of hydrogen-bond acceptors (Lipinski definition) is 6. The van der Waals surface area contributed by atoms with E-state index in [4.69, 9.17) is 18.9 Å². The summed E-state index contributed by atoms with van der Waals surface area (Å²) in [7, 11) is 2.48. The summed E-state index contributed by atoms with van der Waals surface area (Å²) in [4.78, 5) is 25.2. The van der Waals surface area contributed by atoms with Gasteiger partial charge in [-0.1, -0.05) is 48.5 Å². The van der Waals surface area contributed by atoms with Crippen LogP contribution in [0.4, 0.5) is 9.18 Å². The molecule has 1 atom stereocenters. The Bertz CT molecular complexity index is 961. The molecular weight excluding hydrogens is 441 g/mol. The number of esters is 1. The predicted molar refractivity (Wildman–Crippen MR) is 125 cm³/mol. The molecule has 2 aromatic carbocycles. The normalized spacial score (nSPS) is 14.2. The number of methoxy groups -OCH3 is 2. The average Bonchev–Trinajstić information content (AvgIpc) is 3.11. The Labute approximate surface area is 199 Å². The molecule has 0 bridgehead atoms. The van der Waals surface area contributed by atoms with E-state index in [0.717, 1.165) is 22.3 Å². The standard InChI is InChI=1S/C26H32FNO6/c1-25(2,3)34-23(29)14-22(26(16-27,31-4)32-5)28-24(30)33-15-21-19-12-8-6-10-17(19)18-11-7-9-13-20(18)21/h6-13,21-22H,14-16H2,1-5H3,(H,28,30). The molecule has 1 aliphatic rings. The number of amides is 1. The van der Waals surface area contributed by atoms with E-state index in [0.29, 0.717) is 0 Å². The van der Waals surface area contributed by atoms with Gasteiger partial charge in [0.25, 0.3) is 0 Å². The van der Waals surface area contributed by atoms with Crippen LogP contribution < -0.4 is 5.32 Å².